The number of anilines is 1. The third-order valence-electron chi connectivity index (χ3n) is 2.75. The number of aliphatic hydroxyl groups excluding tert-OH is 1. The van der Waals surface area contributed by atoms with Crippen LogP contribution in [0.2, 0.25) is 0 Å². The number of hydrogen-bond donors (Lipinski definition) is 1. The second kappa shape index (κ2) is 6.85. The van der Waals surface area contributed by atoms with Crippen LogP contribution in [-0.4, -0.2) is 18.2 Å². The Kier molecular flexibility index (Phi) is 5.73. The minimum absolute atomic E-state index is 0.0135. The van der Waals surface area contributed by atoms with Gasteiger partial charge in [0.25, 0.3) is 0 Å². The maximum absolute atomic E-state index is 14.1. The molecule has 0 fully saturated rings. The van der Waals surface area contributed by atoms with Crippen LogP contribution in [0.15, 0.2) is 12.1 Å². The zero-order valence-corrected chi connectivity index (χ0v) is 12.1. The first kappa shape index (κ1) is 15.9. The summed E-state index contributed by atoms with van der Waals surface area (Å²) in [6.45, 7) is 8.92. The number of nitrogens with zero attached hydrogens (tertiary/aromatic N) is 1. The van der Waals surface area contributed by atoms with Gasteiger partial charge in [-0.3, -0.25) is 0 Å². The van der Waals surface area contributed by atoms with Crippen molar-refractivity contribution in [2.45, 2.75) is 34.3 Å². The van der Waals surface area contributed by atoms with Gasteiger partial charge in [0.1, 0.15) is 17.3 Å². The Hall–Kier alpha value is -1.16. The van der Waals surface area contributed by atoms with E-state index in [1.165, 1.54) is 12.1 Å². The van der Waals surface area contributed by atoms with Gasteiger partial charge in [0.05, 0.1) is 6.61 Å². The maximum atomic E-state index is 14.1. The zero-order valence-electron chi connectivity index (χ0n) is 12.1. The van der Waals surface area contributed by atoms with Gasteiger partial charge >= 0.3 is 0 Å². The molecule has 1 aromatic rings. The van der Waals surface area contributed by atoms with E-state index in [9.17, 15) is 8.78 Å². The van der Waals surface area contributed by atoms with Crippen molar-refractivity contribution in [2.24, 2.45) is 11.8 Å². The lowest BCUT2D eigenvalue weighted by molar-refractivity contribution is 0.280. The van der Waals surface area contributed by atoms with Gasteiger partial charge < -0.3 is 10.0 Å². The SMILES string of the molecule is CC(C)CN(CC(C)C)c1c(F)cc(CO)cc1F. The van der Waals surface area contributed by atoms with Crippen molar-refractivity contribution >= 4 is 5.69 Å². The van der Waals surface area contributed by atoms with E-state index in [1.54, 1.807) is 4.90 Å². The quantitative estimate of drug-likeness (QED) is 0.855. The van der Waals surface area contributed by atoms with Crippen LogP contribution >= 0.6 is 0 Å². The highest BCUT2D eigenvalue weighted by molar-refractivity contribution is 5.50. The Labute approximate surface area is 114 Å². The molecule has 0 atom stereocenters. The van der Waals surface area contributed by atoms with Gasteiger partial charge in [-0.2, -0.15) is 0 Å². The van der Waals surface area contributed by atoms with Gasteiger partial charge in [-0.25, -0.2) is 8.78 Å². The minimum Gasteiger partial charge on any atom is -0.392 e. The Balaban J connectivity index is 3.14. The van der Waals surface area contributed by atoms with E-state index in [4.69, 9.17) is 5.11 Å². The van der Waals surface area contributed by atoms with Gasteiger partial charge in [0.2, 0.25) is 0 Å². The summed E-state index contributed by atoms with van der Waals surface area (Å²) in [5, 5.41) is 8.96. The maximum Gasteiger partial charge on any atom is 0.149 e. The fraction of sp³-hybridized carbons (Fsp3) is 0.600. The van der Waals surface area contributed by atoms with E-state index in [2.05, 4.69) is 0 Å². The van der Waals surface area contributed by atoms with Crippen molar-refractivity contribution in [2.75, 3.05) is 18.0 Å². The third kappa shape index (κ3) is 4.46. The molecule has 0 saturated heterocycles. The Morgan fingerprint density at radius 1 is 1.00 bits per heavy atom. The summed E-state index contributed by atoms with van der Waals surface area (Å²) in [5.41, 5.74) is 0.271. The summed E-state index contributed by atoms with van der Waals surface area (Å²) in [6, 6.07) is 2.40. The van der Waals surface area contributed by atoms with Crippen molar-refractivity contribution in [1.29, 1.82) is 0 Å². The molecular weight excluding hydrogens is 248 g/mol. The lowest BCUT2D eigenvalue weighted by Crippen LogP contribution is -2.32. The fourth-order valence-electron chi connectivity index (χ4n) is 2.15. The molecule has 108 valence electrons. The summed E-state index contributed by atoms with van der Waals surface area (Å²) in [5.74, 6) is -0.583. The molecule has 19 heavy (non-hydrogen) atoms. The summed E-state index contributed by atoms with van der Waals surface area (Å²) < 4.78 is 28.1. The normalized spacial score (nSPS) is 11.4. The average molecular weight is 271 g/mol. The monoisotopic (exact) mass is 271 g/mol. The topological polar surface area (TPSA) is 23.5 Å². The highest BCUT2D eigenvalue weighted by Gasteiger charge is 2.19. The van der Waals surface area contributed by atoms with Crippen molar-refractivity contribution in [3.05, 3.63) is 29.3 Å². The van der Waals surface area contributed by atoms with Crippen LogP contribution < -0.4 is 4.90 Å². The first-order valence-corrected chi connectivity index (χ1v) is 6.68. The molecule has 0 saturated carbocycles. The highest BCUT2D eigenvalue weighted by atomic mass is 19.1. The van der Waals surface area contributed by atoms with Crippen molar-refractivity contribution in [3.8, 4) is 0 Å². The molecular formula is C15H23F2NO. The Morgan fingerprint density at radius 2 is 1.42 bits per heavy atom. The zero-order chi connectivity index (χ0) is 14.6. The molecule has 0 aliphatic rings. The van der Waals surface area contributed by atoms with E-state index < -0.39 is 11.6 Å². The first-order valence-electron chi connectivity index (χ1n) is 6.68. The van der Waals surface area contributed by atoms with Crippen molar-refractivity contribution in [3.63, 3.8) is 0 Å². The highest BCUT2D eigenvalue weighted by Crippen LogP contribution is 2.26. The van der Waals surface area contributed by atoms with Crippen LogP contribution in [0.5, 0.6) is 0 Å². The Bertz CT molecular complexity index is 386. The third-order valence-corrected chi connectivity index (χ3v) is 2.75. The average Bonchev–Trinajstić information content (AvgIpc) is 2.25. The fourth-order valence-corrected chi connectivity index (χ4v) is 2.15. The van der Waals surface area contributed by atoms with Crippen molar-refractivity contribution < 1.29 is 13.9 Å². The van der Waals surface area contributed by atoms with Crippen LogP contribution in [0.1, 0.15) is 33.3 Å². The number of halogens is 2. The van der Waals surface area contributed by atoms with Crippen molar-refractivity contribution in [1.82, 2.24) is 0 Å². The van der Waals surface area contributed by atoms with Gasteiger partial charge in [-0.05, 0) is 29.5 Å². The summed E-state index contributed by atoms with van der Waals surface area (Å²) >= 11 is 0. The molecule has 0 aliphatic heterocycles. The molecule has 1 rings (SSSR count). The van der Waals surface area contributed by atoms with Crippen LogP contribution in [0.4, 0.5) is 14.5 Å². The number of rotatable bonds is 6. The molecule has 0 aliphatic carbocycles. The molecule has 2 nitrogen and oxygen atoms in total. The van der Waals surface area contributed by atoms with E-state index in [-0.39, 0.29) is 17.9 Å². The standard InChI is InChI=1S/C15H23F2NO/c1-10(2)7-18(8-11(3)4)15-13(16)5-12(9-19)6-14(15)17/h5-6,10-11,19H,7-9H2,1-4H3. The molecule has 1 aromatic carbocycles. The number of benzene rings is 1. The summed E-state index contributed by atoms with van der Waals surface area (Å²) in [7, 11) is 0. The van der Waals surface area contributed by atoms with E-state index >= 15 is 0 Å². The van der Waals surface area contributed by atoms with Gasteiger partial charge in [0.15, 0.2) is 0 Å². The predicted octanol–water partition coefficient (Wildman–Crippen LogP) is 3.58. The number of aliphatic hydroxyl groups is 1. The minimum atomic E-state index is -0.606. The predicted molar refractivity (Wildman–Crippen MR) is 74.2 cm³/mol. The van der Waals surface area contributed by atoms with Gasteiger partial charge in [-0.1, -0.05) is 27.7 Å². The largest absolute Gasteiger partial charge is 0.392 e. The van der Waals surface area contributed by atoms with E-state index in [0.717, 1.165) is 0 Å². The van der Waals surface area contributed by atoms with Crippen LogP contribution in [0, 0.1) is 23.5 Å². The molecule has 4 heteroatoms. The molecule has 0 radical (unpaired) electrons. The summed E-state index contributed by atoms with van der Waals surface area (Å²) in [4.78, 5) is 1.75. The molecule has 0 unspecified atom stereocenters. The molecule has 0 spiro atoms. The molecule has 0 aromatic heterocycles. The second-order valence-electron chi connectivity index (χ2n) is 5.76. The smallest absolute Gasteiger partial charge is 0.149 e. The second-order valence-corrected chi connectivity index (χ2v) is 5.76. The molecule has 0 amide bonds. The van der Waals surface area contributed by atoms with Crippen LogP contribution in [0.25, 0.3) is 0 Å². The Morgan fingerprint density at radius 3 is 1.74 bits per heavy atom. The van der Waals surface area contributed by atoms with Crippen LogP contribution in [0.3, 0.4) is 0 Å². The molecule has 0 bridgehead atoms. The van der Waals surface area contributed by atoms with Gasteiger partial charge in [-0.15, -0.1) is 0 Å². The van der Waals surface area contributed by atoms with E-state index in [0.29, 0.717) is 24.9 Å². The lowest BCUT2D eigenvalue weighted by Gasteiger charge is -2.29. The molecule has 0 heterocycles. The summed E-state index contributed by atoms with van der Waals surface area (Å²) in [6.07, 6.45) is 0. The first-order chi connectivity index (χ1) is 8.85. The number of hydrogen-bond acceptors (Lipinski definition) is 2. The van der Waals surface area contributed by atoms with Crippen LogP contribution in [-0.2, 0) is 6.61 Å². The van der Waals surface area contributed by atoms with E-state index in [1.807, 2.05) is 27.7 Å². The molecule has 1 N–H and O–H groups in total. The van der Waals surface area contributed by atoms with Gasteiger partial charge in [0, 0.05) is 13.1 Å². The lowest BCUT2D eigenvalue weighted by atomic mass is 10.1.